The van der Waals surface area contributed by atoms with E-state index < -0.39 is 29.2 Å². The molecule has 0 atom stereocenters. The second-order valence-electron chi connectivity index (χ2n) is 4.99. The highest BCUT2D eigenvalue weighted by Crippen LogP contribution is 2.40. The average molecular weight is 373 g/mol. The number of carbonyl (C=O) groups excluding carboxylic acids is 1. The lowest BCUT2D eigenvalue weighted by molar-refractivity contribution is -0.138. The summed E-state index contributed by atoms with van der Waals surface area (Å²) >= 11 is 0. The number of halogens is 3. The minimum Gasteiger partial charge on any atom is -0.488 e. The Bertz CT molecular complexity index is 658. The van der Waals surface area contributed by atoms with Crippen LogP contribution in [0.4, 0.5) is 19.0 Å². The van der Waals surface area contributed by atoms with Crippen molar-refractivity contribution < 1.29 is 27.4 Å². The summed E-state index contributed by atoms with van der Waals surface area (Å²) in [5.74, 6) is -1.58. The maximum Gasteiger partial charge on any atom is 0.423 e. The Labute approximate surface area is 150 Å². The first-order valence-corrected chi connectivity index (χ1v) is 7.92. The number of hydrogen-bond acceptors (Lipinski definition) is 5. The molecule has 1 aromatic rings. The van der Waals surface area contributed by atoms with Crippen LogP contribution in [-0.2, 0) is 15.7 Å². The second-order valence-corrected chi connectivity index (χ2v) is 4.99. The summed E-state index contributed by atoms with van der Waals surface area (Å²) in [7, 11) is 0. The van der Waals surface area contributed by atoms with Gasteiger partial charge in [0.2, 0.25) is 0 Å². The fraction of sp³-hybridized carbons (Fsp3) is 0.412. The molecule has 0 saturated heterocycles. The molecule has 2 N–H and O–H groups in total. The topological polar surface area (TPSA) is 72.5 Å². The molecule has 0 aliphatic heterocycles. The van der Waals surface area contributed by atoms with E-state index in [1.165, 1.54) is 0 Å². The van der Waals surface area contributed by atoms with Gasteiger partial charge < -0.3 is 9.47 Å². The van der Waals surface area contributed by atoms with Crippen LogP contribution in [0.5, 0.6) is 5.75 Å². The highest BCUT2D eigenvalue weighted by molar-refractivity contribution is 5.78. The third kappa shape index (κ3) is 6.75. The number of nitrogens with one attached hydrogen (secondary N) is 2. The molecule has 0 unspecified atom stereocenters. The molecule has 1 rings (SSSR count). The average Bonchev–Trinajstić information content (AvgIpc) is 2.60. The molecule has 0 fully saturated rings. The van der Waals surface area contributed by atoms with Gasteiger partial charge >= 0.3 is 6.18 Å². The predicted molar refractivity (Wildman–Crippen MR) is 91.6 cm³/mol. The van der Waals surface area contributed by atoms with Crippen LogP contribution < -0.4 is 15.6 Å². The van der Waals surface area contributed by atoms with Crippen molar-refractivity contribution in [2.75, 3.05) is 25.2 Å². The quantitative estimate of drug-likeness (QED) is 0.512. The van der Waals surface area contributed by atoms with Crippen LogP contribution in [0.3, 0.4) is 0 Å². The number of rotatable bonds is 9. The van der Waals surface area contributed by atoms with E-state index in [9.17, 15) is 18.0 Å². The Balaban J connectivity index is 3.00. The Kier molecular flexibility index (Phi) is 8.63. The number of carbonyl (C=O) groups is 1. The molecule has 9 heteroatoms. The molecule has 0 radical (unpaired) electrons. The van der Waals surface area contributed by atoms with Crippen LogP contribution in [-0.4, -0.2) is 30.7 Å². The molecule has 1 heterocycles. The number of ether oxygens (including phenoxy) is 2. The first-order valence-electron chi connectivity index (χ1n) is 7.92. The van der Waals surface area contributed by atoms with Gasteiger partial charge in [-0.15, -0.1) is 0 Å². The Morgan fingerprint density at radius 2 is 2.04 bits per heavy atom. The smallest absolute Gasteiger partial charge is 0.423 e. The van der Waals surface area contributed by atoms with Crippen LogP contribution in [0.25, 0.3) is 0 Å². The molecule has 6 nitrogen and oxygen atoms in total. The fourth-order valence-corrected chi connectivity index (χ4v) is 1.90. The summed E-state index contributed by atoms with van der Waals surface area (Å²) in [5, 5.41) is 0. The van der Waals surface area contributed by atoms with Crippen LogP contribution in [0.15, 0.2) is 36.1 Å². The van der Waals surface area contributed by atoms with Crippen molar-refractivity contribution in [3.8, 4) is 5.75 Å². The number of anilines is 1. The number of pyridine rings is 1. The van der Waals surface area contributed by atoms with Crippen molar-refractivity contribution in [1.29, 1.82) is 0 Å². The zero-order valence-electron chi connectivity index (χ0n) is 14.8. The SMILES string of the molecule is C/C=C\C(=C/C)COc1ccnc(NNC(=O)COCC)c1C(F)(F)F. The fourth-order valence-electron chi connectivity index (χ4n) is 1.90. The van der Waals surface area contributed by atoms with Crippen molar-refractivity contribution in [2.45, 2.75) is 26.9 Å². The van der Waals surface area contributed by atoms with E-state index in [1.807, 2.05) is 0 Å². The van der Waals surface area contributed by atoms with Crippen molar-refractivity contribution in [1.82, 2.24) is 10.4 Å². The summed E-state index contributed by atoms with van der Waals surface area (Å²) in [6.45, 7) is 5.24. The van der Waals surface area contributed by atoms with E-state index in [0.29, 0.717) is 6.61 Å². The van der Waals surface area contributed by atoms with Crippen molar-refractivity contribution in [3.05, 3.63) is 41.6 Å². The molecule has 0 aliphatic rings. The van der Waals surface area contributed by atoms with E-state index in [-0.39, 0.29) is 13.2 Å². The van der Waals surface area contributed by atoms with Crippen LogP contribution in [0, 0.1) is 0 Å². The normalized spacial score (nSPS) is 12.3. The molecule has 1 amide bonds. The van der Waals surface area contributed by atoms with Crippen LogP contribution >= 0.6 is 0 Å². The van der Waals surface area contributed by atoms with Crippen molar-refractivity contribution in [3.63, 3.8) is 0 Å². The van der Waals surface area contributed by atoms with E-state index in [2.05, 4.69) is 15.8 Å². The largest absolute Gasteiger partial charge is 0.488 e. The minimum atomic E-state index is -4.73. The standard InChI is InChI=1S/C17H22F3N3O3/c1-4-7-12(5-2)10-26-13-8-9-21-16(15(13)17(18,19)20)23-22-14(24)11-25-6-3/h4-5,7-9H,6,10-11H2,1-3H3,(H,21,23)(H,22,24)/b7-4-,12-5+. The number of hydrazine groups is 1. The summed E-state index contributed by atoms with van der Waals surface area (Å²) in [4.78, 5) is 15.1. The van der Waals surface area contributed by atoms with Gasteiger partial charge in [-0.2, -0.15) is 13.2 Å². The zero-order valence-corrected chi connectivity index (χ0v) is 14.8. The van der Waals surface area contributed by atoms with Crippen LogP contribution in [0.2, 0.25) is 0 Å². The van der Waals surface area contributed by atoms with Crippen molar-refractivity contribution >= 4 is 11.7 Å². The van der Waals surface area contributed by atoms with Gasteiger partial charge in [0.15, 0.2) is 5.82 Å². The highest BCUT2D eigenvalue weighted by Gasteiger charge is 2.38. The molecule has 0 saturated carbocycles. The van der Waals surface area contributed by atoms with E-state index >= 15 is 0 Å². The molecule has 0 bridgehead atoms. The molecule has 1 aromatic heterocycles. The van der Waals surface area contributed by atoms with Crippen LogP contribution in [0.1, 0.15) is 26.3 Å². The number of alkyl halides is 3. The first kappa shape index (κ1) is 21.5. The monoisotopic (exact) mass is 373 g/mol. The lowest BCUT2D eigenvalue weighted by atomic mass is 10.2. The van der Waals surface area contributed by atoms with Gasteiger partial charge in [-0.05, 0) is 32.4 Å². The molecule has 0 spiro atoms. The number of aromatic nitrogens is 1. The number of nitrogens with zero attached hydrogens (tertiary/aromatic N) is 1. The maximum atomic E-state index is 13.5. The molecule has 144 valence electrons. The Hall–Kier alpha value is -2.55. The second kappa shape index (κ2) is 10.4. The van der Waals surface area contributed by atoms with E-state index in [0.717, 1.165) is 17.8 Å². The van der Waals surface area contributed by atoms with Gasteiger partial charge in [-0.1, -0.05) is 18.2 Å². The Morgan fingerprint density at radius 3 is 2.62 bits per heavy atom. The maximum absolute atomic E-state index is 13.5. The van der Waals surface area contributed by atoms with Gasteiger partial charge in [0, 0.05) is 12.8 Å². The molecule has 0 aromatic carbocycles. The summed E-state index contributed by atoms with van der Waals surface area (Å²) in [6.07, 6.45) is 1.67. The van der Waals surface area contributed by atoms with E-state index in [4.69, 9.17) is 9.47 Å². The van der Waals surface area contributed by atoms with E-state index in [1.54, 1.807) is 39.0 Å². The highest BCUT2D eigenvalue weighted by atomic mass is 19.4. The Morgan fingerprint density at radius 1 is 1.31 bits per heavy atom. The molecule has 26 heavy (non-hydrogen) atoms. The number of allylic oxidation sites excluding steroid dienone is 2. The van der Waals surface area contributed by atoms with Crippen molar-refractivity contribution in [2.24, 2.45) is 0 Å². The minimum absolute atomic E-state index is 0.0376. The summed E-state index contributed by atoms with van der Waals surface area (Å²) in [6, 6.07) is 1.12. The zero-order chi connectivity index (χ0) is 19.6. The molecule has 0 aliphatic carbocycles. The van der Waals surface area contributed by atoms with Gasteiger partial charge in [-0.25, -0.2) is 4.98 Å². The van der Waals surface area contributed by atoms with Gasteiger partial charge in [-0.3, -0.25) is 15.6 Å². The number of amides is 1. The summed E-state index contributed by atoms with van der Waals surface area (Å²) in [5.41, 5.74) is 3.91. The first-order chi connectivity index (χ1) is 12.3. The van der Waals surface area contributed by atoms with Gasteiger partial charge in [0.1, 0.15) is 24.5 Å². The molecular formula is C17H22F3N3O3. The van der Waals surface area contributed by atoms with Gasteiger partial charge in [0.25, 0.3) is 5.91 Å². The molecular weight excluding hydrogens is 351 g/mol. The van der Waals surface area contributed by atoms with Gasteiger partial charge in [0.05, 0.1) is 0 Å². The lowest BCUT2D eigenvalue weighted by Crippen LogP contribution is -2.34. The predicted octanol–water partition coefficient (Wildman–Crippen LogP) is 3.48. The third-order valence-electron chi connectivity index (χ3n) is 3.10. The lowest BCUT2D eigenvalue weighted by Gasteiger charge is -2.18. The third-order valence-corrected chi connectivity index (χ3v) is 3.10. The number of hydrogen-bond donors (Lipinski definition) is 2. The summed E-state index contributed by atoms with van der Waals surface area (Å²) < 4.78 is 50.6.